The second kappa shape index (κ2) is 4.36. The summed E-state index contributed by atoms with van der Waals surface area (Å²) in [6.45, 7) is 3.60. The average Bonchev–Trinajstić information content (AvgIpc) is 2.77. The summed E-state index contributed by atoms with van der Waals surface area (Å²) in [7, 11) is 2.05. The molecule has 3 nitrogen and oxygen atoms in total. The molecule has 0 saturated carbocycles. The van der Waals surface area contributed by atoms with Gasteiger partial charge in [0.2, 0.25) is 0 Å². The van der Waals surface area contributed by atoms with Crippen LogP contribution in [0.15, 0.2) is 34.9 Å². The van der Waals surface area contributed by atoms with Crippen molar-refractivity contribution in [2.75, 3.05) is 0 Å². The van der Waals surface area contributed by atoms with Gasteiger partial charge < -0.3 is 14.3 Å². The van der Waals surface area contributed by atoms with E-state index in [1.54, 1.807) is 0 Å². The number of aromatic nitrogens is 1. The van der Waals surface area contributed by atoms with E-state index in [0.717, 1.165) is 24.6 Å². The predicted molar refractivity (Wildman–Crippen MR) is 59.4 cm³/mol. The maximum Gasteiger partial charge on any atom is 0.117 e. The van der Waals surface area contributed by atoms with Crippen LogP contribution in [0.4, 0.5) is 0 Å². The molecule has 2 aromatic rings. The van der Waals surface area contributed by atoms with Gasteiger partial charge in [-0.15, -0.1) is 0 Å². The minimum atomic E-state index is 0.777. The third-order valence-electron chi connectivity index (χ3n) is 2.45. The summed E-state index contributed by atoms with van der Waals surface area (Å²) in [6.07, 6.45) is 2.05. The topological polar surface area (TPSA) is 30.1 Å². The number of furan rings is 1. The maximum absolute atomic E-state index is 5.46. The Morgan fingerprint density at radius 2 is 2.13 bits per heavy atom. The van der Waals surface area contributed by atoms with Crippen molar-refractivity contribution in [3.8, 4) is 0 Å². The van der Waals surface area contributed by atoms with Crippen molar-refractivity contribution in [1.29, 1.82) is 0 Å². The van der Waals surface area contributed by atoms with E-state index in [4.69, 9.17) is 4.42 Å². The van der Waals surface area contributed by atoms with Gasteiger partial charge in [0.15, 0.2) is 0 Å². The van der Waals surface area contributed by atoms with Gasteiger partial charge in [0.1, 0.15) is 11.5 Å². The SMILES string of the molecule is Cc1ccc(CNCc2cccn2C)o1. The zero-order valence-corrected chi connectivity index (χ0v) is 9.16. The minimum Gasteiger partial charge on any atom is -0.465 e. The van der Waals surface area contributed by atoms with Crippen LogP contribution in [0.3, 0.4) is 0 Å². The number of aryl methyl sites for hydroxylation is 2. The van der Waals surface area contributed by atoms with Gasteiger partial charge in [-0.25, -0.2) is 0 Å². The Balaban J connectivity index is 1.83. The Kier molecular flexibility index (Phi) is 2.92. The lowest BCUT2D eigenvalue weighted by atomic mass is 10.4. The maximum atomic E-state index is 5.46. The molecule has 0 spiro atoms. The number of hydrogen-bond donors (Lipinski definition) is 1. The first-order chi connectivity index (χ1) is 7.25. The normalized spacial score (nSPS) is 10.8. The first-order valence-corrected chi connectivity index (χ1v) is 5.12. The molecule has 80 valence electrons. The molecule has 2 aromatic heterocycles. The van der Waals surface area contributed by atoms with Crippen molar-refractivity contribution in [2.24, 2.45) is 7.05 Å². The van der Waals surface area contributed by atoms with Crippen molar-refractivity contribution in [3.05, 3.63) is 47.7 Å². The van der Waals surface area contributed by atoms with Crippen LogP contribution in [0, 0.1) is 6.92 Å². The first-order valence-electron chi connectivity index (χ1n) is 5.12. The third-order valence-corrected chi connectivity index (χ3v) is 2.45. The van der Waals surface area contributed by atoms with Crippen LogP contribution in [0.2, 0.25) is 0 Å². The van der Waals surface area contributed by atoms with Gasteiger partial charge in [-0.1, -0.05) is 0 Å². The third kappa shape index (κ3) is 2.50. The lowest BCUT2D eigenvalue weighted by Gasteiger charge is -2.04. The first kappa shape index (κ1) is 10.1. The zero-order chi connectivity index (χ0) is 10.7. The van der Waals surface area contributed by atoms with E-state index in [-0.39, 0.29) is 0 Å². The molecular weight excluding hydrogens is 188 g/mol. The van der Waals surface area contributed by atoms with E-state index in [1.165, 1.54) is 5.69 Å². The molecule has 15 heavy (non-hydrogen) atoms. The summed E-state index contributed by atoms with van der Waals surface area (Å²) in [5.41, 5.74) is 1.28. The minimum absolute atomic E-state index is 0.777. The highest BCUT2D eigenvalue weighted by atomic mass is 16.3. The number of nitrogens with zero attached hydrogens (tertiary/aromatic N) is 1. The van der Waals surface area contributed by atoms with E-state index in [2.05, 4.69) is 16.0 Å². The lowest BCUT2D eigenvalue weighted by molar-refractivity contribution is 0.459. The predicted octanol–water partition coefficient (Wildman–Crippen LogP) is 2.22. The standard InChI is InChI=1S/C12H16N2O/c1-10-5-6-12(15-10)9-13-8-11-4-3-7-14(11)2/h3-7,13H,8-9H2,1-2H3. The van der Waals surface area contributed by atoms with Crippen LogP contribution in [0.5, 0.6) is 0 Å². The van der Waals surface area contributed by atoms with Crippen LogP contribution < -0.4 is 5.32 Å². The molecule has 0 amide bonds. The van der Waals surface area contributed by atoms with Gasteiger partial charge in [-0.05, 0) is 31.2 Å². The Labute approximate surface area is 89.7 Å². The van der Waals surface area contributed by atoms with Crippen LogP contribution in [-0.4, -0.2) is 4.57 Å². The molecule has 0 saturated heterocycles. The largest absolute Gasteiger partial charge is 0.465 e. The summed E-state index contributed by atoms with van der Waals surface area (Å²) in [4.78, 5) is 0. The van der Waals surface area contributed by atoms with Gasteiger partial charge in [0.25, 0.3) is 0 Å². The van der Waals surface area contributed by atoms with Crippen molar-refractivity contribution >= 4 is 0 Å². The van der Waals surface area contributed by atoms with Crippen LogP contribution >= 0.6 is 0 Å². The Bertz CT molecular complexity index is 428. The summed E-state index contributed by atoms with van der Waals surface area (Å²) in [5, 5.41) is 3.34. The lowest BCUT2D eigenvalue weighted by Crippen LogP contribution is -2.14. The van der Waals surface area contributed by atoms with E-state index in [1.807, 2.05) is 38.4 Å². The van der Waals surface area contributed by atoms with Crippen molar-refractivity contribution < 1.29 is 4.42 Å². The summed E-state index contributed by atoms with van der Waals surface area (Å²) >= 11 is 0. The second-order valence-corrected chi connectivity index (χ2v) is 3.73. The quantitative estimate of drug-likeness (QED) is 0.827. The van der Waals surface area contributed by atoms with Crippen LogP contribution in [0.25, 0.3) is 0 Å². The molecule has 0 unspecified atom stereocenters. The highest BCUT2D eigenvalue weighted by Crippen LogP contribution is 2.06. The smallest absolute Gasteiger partial charge is 0.117 e. The molecule has 1 N–H and O–H groups in total. The monoisotopic (exact) mass is 204 g/mol. The van der Waals surface area contributed by atoms with Gasteiger partial charge in [-0.2, -0.15) is 0 Å². The van der Waals surface area contributed by atoms with E-state index in [0.29, 0.717) is 0 Å². The van der Waals surface area contributed by atoms with Crippen LogP contribution in [0.1, 0.15) is 17.2 Å². The molecule has 0 radical (unpaired) electrons. The Morgan fingerprint density at radius 3 is 2.73 bits per heavy atom. The Hall–Kier alpha value is -1.48. The molecule has 0 aliphatic heterocycles. The second-order valence-electron chi connectivity index (χ2n) is 3.73. The molecule has 0 aliphatic rings. The summed E-state index contributed by atoms with van der Waals surface area (Å²) in [6, 6.07) is 8.15. The van der Waals surface area contributed by atoms with Gasteiger partial charge in [-0.3, -0.25) is 0 Å². The Morgan fingerprint density at radius 1 is 1.27 bits per heavy atom. The average molecular weight is 204 g/mol. The number of nitrogens with one attached hydrogen (secondary N) is 1. The molecule has 0 aromatic carbocycles. The number of rotatable bonds is 4. The van der Waals surface area contributed by atoms with Crippen molar-refractivity contribution in [3.63, 3.8) is 0 Å². The van der Waals surface area contributed by atoms with E-state index >= 15 is 0 Å². The molecule has 0 bridgehead atoms. The molecule has 0 aliphatic carbocycles. The molecule has 2 rings (SSSR count). The zero-order valence-electron chi connectivity index (χ0n) is 9.16. The van der Waals surface area contributed by atoms with Crippen molar-refractivity contribution in [2.45, 2.75) is 20.0 Å². The van der Waals surface area contributed by atoms with E-state index < -0.39 is 0 Å². The fraction of sp³-hybridized carbons (Fsp3) is 0.333. The highest BCUT2D eigenvalue weighted by Gasteiger charge is 1.99. The highest BCUT2D eigenvalue weighted by molar-refractivity contribution is 5.07. The molecule has 0 atom stereocenters. The van der Waals surface area contributed by atoms with Crippen molar-refractivity contribution in [1.82, 2.24) is 9.88 Å². The van der Waals surface area contributed by atoms with Gasteiger partial charge in [0, 0.05) is 25.5 Å². The van der Waals surface area contributed by atoms with Gasteiger partial charge >= 0.3 is 0 Å². The molecule has 0 fully saturated rings. The van der Waals surface area contributed by atoms with E-state index in [9.17, 15) is 0 Å². The number of hydrogen-bond acceptors (Lipinski definition) is 2. The van der Waals surface area contributed by atoms with Crippen LogP contribution in [-0.2, 0) is 20.1 Å². The fourth-order valence-electron chi connectivity index (χ4n) is 1.57. The summed E-state index contributed by atoms with van der Waals surface area (Å²) < 4.78 is 7.58. The van der Waals surface area contributed by atoms with Gasteiger partial charge in [0.05, 0.1) is 6.54 Å². The molecular formula is C12H16N2O. The summed E-state index contributed by atoms with van der Waals surface area (Å²) in [5.74, 6) is 1.95. The molecule has 2 heterocycles. The fourth-order valence-corrected chi connectivity index (χ4v) is 1.57. The molecule has 3 heteroatoms.